The summed E-state index contributed by atoms with van der Waals surface area (Å²) >= 11 is 1.74. The van der Waals surface area contributed by atoms with Crippen molar-refractivity contribution in [3.63, 3.8) is 0 Å². The summed E-state index contributed by atoms with van der Waals surface area (Å²) in [6.07, 6.45) is 3.83. The molecule has 0 aliphatic carbocycles. The molecule has 0 saturated heterocycles. The van der Waals surface area contributed by atoms with Crippen LogP contribution in [0.4, 0.5) is 5.82 Å². The third-order valence-electron chi connectivity index (χ3n) is 3.74. The van der Waals surface area contributed by atoms with Gasteiger partial charge in [-0.3, -0.25) is 0 Å². The topological polar surface area (TPSA) is 37.8 Å². The van der Waals surface area contributed by atoms with Gasteiger partial charge >= 0.3 is 0 Å². The molecule has 21 heavy (non-hydrogen) atoms. The van der Waals surface area contributed by atoms with Gasteiger partial charge in [-0.1, -0.05) is 30.3 Å². The van der Waals surface area contributed by atoms with Crippen molar-refractivity contribution in [3.8, 4) is 0 Å². The Kier molecular flexibility index (Phi) is 4.15. The zero-order valence-electron chi connectivity index (χ0n) is 12.4. The standard InChI is InChI=1S/C17H19N3S/c1-12-13(2)21-17-15(12)16(19-11-20-17)18-10-6-9-14-7-4-3-5-8-14/h3-5,7-8,11H,6,9-10H2,1-2H3,(H,18,19,20). The Hall–Kier alpha value is -1.94. The molecule has 3 rings (SSSR count). The molecule has 0 aliphatic rings. The normalized spacial score (nSPS) is 11.0. The Morgan fingerprint density at radius 3 is 2.71 bits per heavy atom. The number of benzene rings is 1. The van der Waals surface area contributed by atoms with E-state index >= 15 is 0 Å². The van der Waals surface area contributed by atoms with Crippen LogP contribution >= 0.6 is 11.3 Å². The molecule has 108 valence electrons. The number of aromatic nitrogens is 2. The molecule has 0 radical (unpaired) electrons. The minimum Gasteiger partial charge on any atom is -0.369 e. The molecule has 0 fully saturated rings. The summed E-state index contributed by atoms with van der Waals surface area (Å²) < 4.78 is 0. The van der Waals surface area contributed by atoms with Crippen LogP contribution < -0.4 is 5.32 Å². The molecule has 0 atom stereocenters. The number of anilines is 1. The monoisotopic (exact) mass is 297 g/mol. The molecule has 1 N–H and O–H groups in total. The second-order valence-electron chi connectivity index (χ2n) is 5.20. The highest BCUT2D eigenvalue weighted by Crippen LogP contribution is 2.32. The van der Waals surface area contributed by atoms with Gasteiger partial charge in [0.1, 0.15) is 17.0 Å². The van der Waals surface area contributed by atoms with Crippen LogP contribution in [-0.4, -0.2) is 16.5 Å². The van der Waals surface area contributed by atoms with E-state index in [1.165, 1.54) is 21.4 Å². The summed E-state index contributed by atoms with van der Waals surface area (Å²) in [6.45, 7) is 5.21. The van der Waals surface area contributed by atoms with Crippen molar-refractivity contribution in [3.05, 3.63) is 52.7 Å². The molecular weight excluding hydrogens is 278 g/mol. The summed E-state index contributed by atoms with van der Waals surface area (Å²) in [5.41, 5.74) is 2.68. The Morgan fingerprint density at radius 2 is 1.90 bits per heavy atom. The minimum absolute atomic E-state index is 0.926. The van der Waals surface area contributed by atoms with Crippen LogP contribution in [0.1, 0.15) is 22.4 Å². The lowest BCUT2D eigenvalue weighted by Crippen LogP contribution is -2.05. The Bertz CT molecular complexity index is 734. The number of nitrogens with one attached hydrogen (secondary N) is 1. The molecule has 0 bridgehead atoms. The first-order valence-corrected chi connectivity index (χ1v) is 8.06. The second-order valence-corrected chi connectivity index (χ2v) is 6.40. The van der Waals surface area contributed by atoms with Crippen molar-refractivity contribution in [2.75, 3.05) is 11.9 Å². The average Bonchev–Trinajstić information content (AvgIpc) is 2.80. The SMILES string of the molecule is Cc1sc2ncnc(NCCCc3ccccc3)c2c1C. The van der Waals surface area contributed by atoms with E-state index < -0.39 is 0 Å². The predicted molar refractivity (Wildman–Crippen MR) is 90.1 cm³/mol. The highest BCUT2D eigenvalue weighted by Gasteiger charge is 2.11. The lowest BCUT2D eigenvalue weighted by atomic mass is 10.1. The van der Waals surface area contributed by atoms with Crippen molar-refractivity contribution in [1.82, 2.24) is 9.97 Å². The highest BCUT2D eigenvalue weighted by molar-refractivity contribution is 7.18. The van der Waals surface area contributed by atoms with Gasteiger partial charge in [-0.05, 0) is 37.8 Å². The average molecular weight is 297 g/mol. The molecular formula is C17H19N3S. The zero-order valence-corrected chi connectivity index (χ0v) is 13.2. The molecule has 1 aromatic carbocycles. The molecule has 3 nitrogen and oxygen atoms in total. The third-order valence-corrected chi connectivity index (χ3v) is 4.86. The number of hydrogen-bond donors (Lipinski definition) is 1. The van der Waals surface area contributed by atoms with Crippen molar-refractivity contribution in [2.45, 2.75) is 26.7 Å². The van der Waals surface area contributed by atoms with Crippen LogP contribution in [0.5, 0.6) is 0 Å². The molecule has 4 heteroatoms. The number of thiophene rings is 1. The summed E-state index contributed by atoms with van der Waals surface area (Å²) in [7, 11) is 0. The molecule has 0 saturated carbocycles. The Balaban J connectivity index is 1.66. The number of nitrogens with zero attached hydrogens (tertiary/aromatic N) is 2. The van der Waals surface area contributed by atoms with Crippen molar-refractivity contribution < 1.29 is 0 Å². The Labute approximate surface area is 129 Å². The molecule has 0 spiro atoms. The Morgan fingerprint density at radius 1 is 1.10 bits per heavy atom. The smallest absolute Gasteiger partial charge is 0.138 e. The van der Waals surface area contributed by atoms with E-state index in [0.717, 1.165) is 30.0 Å². The predicted octanol–water partition coefficient (Wildman–Crippen LogP) is 4.35. The van der Waals surface area contributed by atoms with E-state index in [9.17, 15) is 0 Å². The van der Waals surface area contributed by atoms with Gasteiger partial charge in [0, 0.05) is 11.4 Å². The maximum atomic E-state index is 4.41. The summed E-state index contributed by atoms with van der Waals surface area (Å²) in [5, 5.41) is 4.65. The summed E-state index contributed by atoms with van der Waals surface area (Å²) in [5.74, 6) is 0.968. The molecule has 0 amide bonds. The van der Waals surface area contributed by atoms with Gasteiger partial charge in [0.15, 0.2) is 0 Å². The number of hydrogen-bond acceptors (Lipinski definition) is 4. The largest absolute Gasteiger partial charge is 0.369 e. The van der Waals surface area contributed by atoms with Gasteiger partial charge in [-0.2, -0.15) is 0 Å². The van der Waals surface area contributed by atoms with Crippen molar-refractivity contribution in [2.24, 2.45) is 0 Å². The number of rotatable bonds is 5. The molecule has 0 aliphatic heterocycles. The third kappa shape index (κ3) is 3.05. The van der Waals surface area contributed by atoms with Gasteiger partial charge < -0.3 is 5.32 Å². The van der Waals surface area contributed by atoms with Crippen LogP contribution in [0.15, 0.2) is 36.7 Å². The fourth-order valence-electron chi connectivity index (χ4n) is 2.46. The van der Waals surface area contributed by atoms with Gasteiger partial charge in [0.25, 0.3) is 0 Å². The van der Waals surface area contributed by atoms with Gasteiger partial charge in [-0.15, -0.1) is 11.3 Å². The van der Waals surface area contributed by atoms with Crippen LogP contribution in [0, 0.1) is 13.8 Å². The number of fused-ring (bicyclic) bond motifs is 1. The van der Waals surface area contributed by atoms with Gasteiger partial charge in [-0.25, -0.2) is 9.97 Å². The first kappa shape index (κ1) is 14.0. The summed E-state index contributed by atoms with van der Waals surface area (Å²) in [6, 6.07) is 10.6. The fraction of sp³-hybridized carbons (Fsp3) is 0.294. The maximum Gasteiger partial charge on any atom is 0.138 e. The van der Waals surface area contributed by atoms with E-state index in [-0.39, 0.29) is 0 Å². The first-order chi connectivity index (χ1) is 10.3. The maximum absolute atomic E-state index is 4.41. The molecule has 2 aromatic heterocycles. The van der Waals surface area contributed by atoms with Crippen molar-refractivity contribution in [1.29, 1.82) is 0 Å². The molecule has 0 unspecified atom stereocenters. The zero-order chi connectivity index (χ0) is 14.7. The van der Waals surface area contributed by atoms with Crippen LogP contribution in [0.2, 0.25) is 0 Å². The number of aryl methyl sites for hydroxylation is 3. The fourth-order valence-corrected chi connectivity index (χ4v) is 3.46. The van der Waals surface area contributed by atoms with Gasteiger partial charge in [0.2, 0.25) is 0 Å². The molecule has 3 aromatic rings. The molecule has 2 heterocycles. The first-order valence-electron chi connectivity index (χ1n) is 7.24. The minimum atomic E-state index is 0.926. The quantitative estimate of drug-likeness (QED) is 0.711. The van der Waals surface area contributed by atoms with E-state index in [0.29, 0.717) is 0 Å². The van der Waals surface area contributed by atoms with E-state index in [1.54, 1.807) is 17.7 Å². The van der Waals surface area contributed by atoms with Crippen LogP contribution in [0.25, 0.3) is 10.2 Å². The second kappa shape index (κ2) is 6.22. The lowest BCUT2D eigenvalue weighted by molar-refractivity contribution is 0.859. The van der Waals surface area contributed by atoms with E-state index in [4.69, 9.17) is 0 Å². The summed E-state index contributed by atoms with van der Waals surface area (Å²) in [4.78, 5) is 11.2. The van der Waals surface area contributed by atoms with Crippen molar-refractivity contribution >= 4 is 27.4 Å². The van der Waals surface area contributed by atoms with E-state index in [2.05, 4.69) is 59.5 Å². The van der Waals surface area contributed by atoms with Crippen LogP contribution in [-0.2, 0) is 6.42 Å². The van der Waals surface area contributed by atoms with Crippen LogP contribution in [0.3, 0.4) is 0 Å². The highest BCUT2D eigenvalue weighted by atomic mass is 32.1. The van der Waals surface area contributed by atoms with E-state index in [1.807, 2.05) is 0 Å². The van der Waals surface area contributed by atoms with Gasteiger partial charge in [0.05, 0.1) is 5.39 Å². The lowest BCUT2D eigenvalue weighted by Gasteiger charge is -2.07.